The van der Waals surface area contributed by atoms with E-state index in [0.717, 1.165) is 5.56 Å². The zero-order chi connectivity index (χ0) is 25.1. The maximum atomic E-state index is 13.5. The number of anilines is 1. The number of benzene rings is 4. The van der Waals surface area contributed by atoms with Crippen molar-refractivity contribution in [2.45, 2.75) is 5.92 Å². The number of hydrazone groups is 1. The van der Waals surface area contributed by atoms with Gasteiger partial charge in [-0.05, 0) is 59.7 Å². The Balaban J connectivity index is 1.35. The smallest absolute Gasteiger partial charge is 0.306 e. The molecule has 4 aromatic rings. The van der Waals surface area contributed by atoms with Gasteiger partial charge in [-0.3, -0.25) is 4.79 Å². The second-order valence-corrected chi connectivity index (χ2v) is 8.38. The van der Waals surface area contributed by atoms with Gasteiger partial charge in [0.15, 0.2) is 5.78 Å². The molecule has 0 radical (unpaired) electrons. The number of ketones is 1. The summed E-state index contributed by atoms with van der Waals surface area (Å²) in [5.41, 5.74) is 3.64. The molecule has 7 heteroatoms. The third-order valence-electron chi connectivity index (χ3n) is 6.00. The number of nitrogens with zero attached hydrogens (tertiary/aromatic N) is 2. The third kappa shape index (κ3) is 4.90. The number of urea groups is 1. The van der Waals surface area contributed by atoms with Gasteiger partial charge in [0.05, 0.1) is 12.3 Å². The molecule has 4 aromatic carbocycles. The Bertz CT molecular complexity index is 1420. The highest BCUT2D eigenvalue weighted by atomic mass is 19.1. The van der Waals surface area contributed by atoms with Crippen molar-refractivity contribution in [2.24, 2.45) is 5.10 Å². The number of amides is 2. The summed E-state index contributed by atoms with van der Waals surface area (Å²) in [6.07, 6.45) is 0. The van der Waals surface area contributed by atoms with E-state index in [9.17, 15) is 18.4 Å². The molecule has 0 unspecified atom stereocenters. The van der Waals surface area contributed by atoms with Crippen molar-refractivity contribution in [3.63, 3.8) is 0 Å². The second-order valence-electron chi connectivity index (χ2n) is 8.38. The molecule has 1 N–H and O–H groups in total. The van der Waals surface area contributed by atoms with Gasteiger partial charge in [0.2, 0.25) is 0 Å². The van der Waals surface area contributed by atoms with Crippen LogP contribution in [0.3, 0.4) is 0 Å². The molecule has 0 fully saturated rings. The number of nitrogens with one attached hydrogen (secondary N) is 1. The van der Waals surface area contributed by atoms with Crippen LogP contribution in [-0.2, 0) is 0 Å². The molecule has 5 nitrogen and oxygen atoms in total. The average molecular weight is 482 g/mol. The molecule has 0 spiro atoms. The lowest BCUT2D eigenvalue weighted by molar-refractivity contribution is 0.103. The molecule has 1 heterocycles. The molecule has 178 valence electrons. The van der Waals surface area contributed by atoms with Crippen molar-refractivity contribution in [1.29, 1.82) is 0 Å². The standard InChI is InChI=1S/C29H21F2N3O2/c30-23-12-6-19(7-13-23)26-18-34(33-27(26)20-8-14-24(31)15-9-20)29(36)32-25-16-10-22(11-17-25)28(35)21-4-2-1-3-5-21/h1-17,26H,18H2,(H,32,36)/t26-/m0/s1. The van der Waals surface area contributed by atoms with Crippen LogP contribution in [0.5, 0.6) is 0 Å². The minimum absolute atomic E-state index is 0.108. The van der Waals surface area contributed by atoms with E-state index in [-0.39, 0.29) is 29.9 Å². The van der Waals surface area contributed by atoms with Crippen LogP contribution in [0.15, 0.2) is 108 Å². The molecule has 0 saturated carbocycles. The quantitative estimate of drug-likeness (QED) is 0.344. The van der Waals surface area contributed by atoms with E-state index in [0.29, 0.717) is 28.1 Å². The Morgan fingerprint density at radius 1 is 0.750 bits per heavy atom. The van der Waals surface area contributed by atoms with E-state index >= 15 is 0 Å². The summed E-state index contributed by atoms with van der Waals surface area (Å²) < 4.78 is 27.0. The number of halogens is 2. The van der Waals surface area contributed by atoms with Crippen LogP contribution >= 0.6 is 0 Å². The van der Waals surface area contributed by atoms with E-state index in [1.54, 1.807) is 72.8 Å². The van der Waals surface area contributed by atoms with E-state index in [2.05, 4.69) is 10.4 Å². The molecule has 0 aromatic heterocycles. The van der Waals surface area contributed by atoms with Gasteiger partial charge in [0, 0.05) is 22.7 Å². The minimum Gasteiger partial charge on any atom is -0.306 e. The van der Waals surface area contributed by atoms with Gasteiger partial charge in [-0.2, -0.15) is 5.10 Å². The van der Waals surface area contributed by atoms with Crippen molar-refractivity contribution >= 4 is 23.2 Å². The van der Waals surface area contributed by atoms with Crippen LogP contribution in [0.2, 0.25) is 0 Å². The van der Waals surface area contributed by atoms with Crippen LogP contribution in [0.25, 0.3) is 0 Å². The van der Waals surface area contributed by atoms with Crippen LogP contribution in [0, 0.1) is 11.6 Å². The molecule has 0 bridgehead atoms. The zero-order valence-electron chi connectivity index (χ0n) is 19.1. The first-order valence-corrected chi connectivity index (χ1v) is 11.4. The Morgan fingerprint density at radius 2 is 1.33 bits per heavy atom. The predicted octanol–water partition coefficient (Wildman–Crippen LogP) is 6.23. The fourth-order valence-corrected chi connectivity index (χ4v) is 4.12. The van der Waals surface area contributed by atoms with Gasteiger partial charge < -0.3 is 5.32 Å². The number of hydrogen-bond acceptors (Lipinski definition) is 3. The van der Waals surface area contributed by atoms with E-state index < -0.39 is 6.03 Å². The normalized spacial score (nSPS) is 14.9. The average Bonchev–Trinajstić information content (AvgIpc) is 3.36. The van der Waals surface area contributed by atoms with Gasteiger partial charge in [0.25, 0.3) is 0 Å². The highest BCUT2D eigenvalue weighted by Gasteiger charge is 2.32. The molecule has 36 heavy (non-hydrogen) atoms. The van der Waals surface area contributed by atoms with Crippen molar-refractivity contribution in [3.8, 4) is 0 Å². The third-order valence-corrected chi connectivity index (χ3v) is 6.00. The number of hydrogen-bond donors (Lipinski definition) is 1. The molecule has 1 aliphatic heterocycles. The maximum absolute atomic E-state index is 13.5. The molecule has 0 saturated heterocycles. The highest BCUT2D eigenvalue weighted by Crippen LogP contribution is 2.29. The molecule has 1 atom stereocenters. The molecule has 1 aliphatic rings. The van der Waals surface area contributed by atoms with E-state index in [1.165, 1.54) is 29.3 Å². The van der Waals surface area contributed by atoms with Crippen LogP contribution in [0.1, 0.15) is 33.0 Å². The summed E-state index contributed by atoms with van der Waals surface area (Å²) in [4.78, 5) is 25.7. The number of rotatable bonds is 5. The van der Waals surface area contributed by atoms with Gasteiger partial charge in [0.1, 0.15) is 11.6 Å². The highest BCUT2D eigenvalue weighted by molar-refractivity contribution is 6.09. The molecular formula is C29H21F2N3O2. The largest absolute Gasteiger partial charge is 0.342 e. The topological polar surface area (TPSA) is 61.8 Å². The SMILES string of the molecule is O=C(c1ccccc1)c1ccc(NC(=O)N2C[C@@H](c3ccc(F)cc3)C(c3ccc(F)cc3)=N2)cc1. The Labute approximate surface area is 206 Å². The summed E-state index contributed by atoms with van der Waals surface area (Å²) in [5.74, 6) is -1.16. The van der Waals surface area contributed by atoms with Gasteiger partial charge in [-0.15, -0.1) is 0 Å². The van der Waals surface area contributed by atoms with Crippen molar-refractivity contribution in [2.75, 3.05) is 11.9 Å². The van der Waals surface area contributed by atoms with E-state index in [4.69, 9.17) is 0 Å². The predicted molar refractivity (Wildman–Crippen MR) is 134 cm³/mol. The number of carbonyl (C=O) groups excluding carboxylic acids is 2. The van der Waals surface area contributed by atoms with E-state index in [1.807, 2.05) is 6.07 Å². The maximum Gasteiger partial charge on any atom is 0.342 e. The van der Waals surface area contributed by atoms with Gasteiger partial charge in [-0.25, -0.2) is 18.6 Å². The van der Waals surface area contributed by atoms with Gasteiger partial charge >= 0.3 is 6.03 Å². The van der Waals surface area contributed by atoms with Crippen molar-refractivity contribution in [3.05, 3.63) is 137 Å². The van der Waals surface area contributed by atoms with Gasteiger partial charge in [-0.1, -0.05) is 54.6 Å². The zero-order valence-corrected chi connectivity index (χ0v) is 19.1. The lowest BCUT2D eigenvalue weighted by Crippen LogP contribution is -2.30. The summed E-state index contributed by atoms with van der Waals surface area (Å²) >= 11 is 0. The van der Waals surface area contributed by atoms with Crippen LogP contribution in [0.4, 0.5) is 19.3 Å². The van der Waals surface area contributed by atoms with Crippen LogP contribution in [-0.4, -0.2) is 29.1 Å². The minimum atomic E-state index is -0.457. The first-order valence-electron chi connectivity index (χ1n) is 11.4. The lowest BCUT2D eigenvalue weighted by Gasteiger charge is -2.16. The monoisotopic (exact) mass is 481 g/mol. The summed E-state index contributed by atoms with van der Waals surface area (Å²) in [7, 11) is 0. The summed E-state index contributed by atoms with van der Waals surface area (Å²) in [6.45, 7) is 0.231. The second kappa shape index (κ2) is 9.92. The summed E-state index contributed by atoms with van der Waals surface area (Å²) in [6, 6.07) is 27.0. The van der Waals surface area contributed by atoms with Crippen molar-refractivity contribution < 1.29 is 18.4 Å². The molecule has 0 aliphatic carbocycles. The van der Waals surface area contributed by atoms with Crippen molar-refractivity contribution in [1.82, 2.24) is 5.01 Å². The fraction of sp³-hybridized carbons (Fsp3) is 0.0690. The Morgan fingerprint density at radius 3 is 1.97 bits per heavy atom. The van der Waals surface area contributed by atoms with Crippen LogP contribution < -0.4 is 5.32 Å². The first kappa shape index (κ1) is 23.1. The lowest BCUT2D eigenvalue weighted by atomic mass is 9.90. The Hall–Kier alpha value is -4.65. The summed E-state index contributed by atoms with van der Waals surface area (Å²) in [5, 5.41) is 8.62. The number of carbonyl (C=O) groups is 2. The first-order chi connectivity index (χ1) is 17.5. The molecule has 2 amide bonds. The Kier molecular flexibility index (Phi) is 6.36. The fourth-order valence-electron chi connectivity index (χ4n) is 4.12. The molecule has 5 rings (SSSR count). The molecular weight excluding hydrogens is 460 g/mol.